The number of amides is 1. The standard InChI is InChI=1S/C20H18F2N4O4S/c21-14-5-6-15(26-31(29)30)17(22)16(14)20(28)25-11-7-12-13(9-24-19(12)23-8-11)18(27)10-3-1-2-4-10/h5-10,26H,1-4H2,(H,23,24)(H,25,28)(H,29,30). The second-order valence-electron chi connectivity index (χ2n) is 7.26. The number of pyridine rings is 1. The van der Waals surface area contributed by atoms with Crippen LogP contribution in [0.15, 0.2) is 30.6 Å². The number of aromatic amines is 1. The van der Waals surface area contributed by atoms with Gasteiger partial charge in [0.05, 0.1) is 17.6 Å². The van der Waals surface area contributed by atoms with Gasteiger partial charge in [0, 0.05) is 23.1 Å². The van der Waals surface area contributed by atoms with Gasteiger partial charge in [0.1, 0.15) is 17.0 Å². The highest BCUT2D eigenvalue weighted by Crippen LogP contribution is 2.31. The van der Waals surface area contributed by atoms with Crippen molar-refractivity contribution in [3.05, 3.63) is 53.4 Å². The topological polar surface area (TPSA) is 124 Å². The number of Topliss-reactive ketones (excluding diaryl/α,β-unsaturated/α-hetero) is 1. The molecule has 0 bridgehead atoms. The minimum Gasteiger partial charge on any atom is -0.345 e. The smallest absolute Gasteiger partial charge is 0.261 e. The second-order valence-corrected chi connectivity index (χ2v) is 7.96. The molecule has 1 fully saturated rings. The number of fused-ring (bicyclic) bond motifs is 1. The van der Waals surface area contributed by atoms with E-state index in [1.54, 1.807) is 6.20 Å². The van der Waals surface area contributed by atoms with Crippen LogP contribution in [-0.4, -0.2) is 30.4 Å². The van der Waals surface area contributed by atoms with Gasteiger partial charge in [-0.2, -0.15) is 0 Å². The van der Waals surface area contributed by atoms with E-state index in [4.69, 9.17) is 4.55 Å². The van der Waals surface area contributed by atoms with Crippen molar-refractivity contribution in [2.24, 2.45) is 5.92 Å². The zero-order valence-electron chi connectivity index (χ0n) is 16.1. The Bertz CT molecular complexity index is 1210. The van der Waals surface area contributed by atoms with Gasteiger partial charge in [-0.3, -0.25) is 18.9 Å². The number of benzene rings is 1. The first-order chi connectivity index (χ1) is 14.8. The van der Waals surface area contributed by atoms with E-state index in [-0.39, 0.29) is 17.4 Å². The van der Waals surface area contributed by atoms with Crippen LogP contribution in [0, 0.1) is 17.6 Å². The van der Waals surface area contributed by atoms with E-state index in [1.165, 1.54) is 12.3 Å². The predicted molar refractivity (Wildman–Crippen MR) is 111 cm³/mol. The average molecular weight is 448 g/mol. The molecule has 1 atom stereocenters. The molecule has 0 saturated heterocycles. The number of ketones is 1. The molecular formula is C20H18F2N4O4S. The maximum atomic E-state index is 14.5. The van der Waals surface area contributed by atoms with Crippen molar-refractivity contribution in [2.45, 2.75) is 25.7 Å². The summed E-state index contributed by atoms with van der Waals surface area (Å²) in [5, 5.41) is 2.87. The third-order valence-corrected chi connectivity index (χ3v) is 5.69. The maximum Gasteiger partial charge on any atom is 0.261 e. The summed E-state index contributed by atoms with van der Waals surface area (Å²) in [5.41, 5.74) is -0.379. The molecule has 31 heavy (non-hydrogen) atoms. The molecule has 0 aliphatic heterocycles. The average Bonchev–Trinajstić information content (AvgIpc) is 3.39. The number of carbonyl (C=O) groups excluding carboxylic acids is 2. The van der Waals surface area contributed by atoms with Gasteiger partial charge in [-0.15, -0.1) is 0 Å². The molecule has 1 unspecified atom stereocenters. The summed E-state index contributed by atoms with van der Waals surface area (Å²) in [6.45, 7) is 0. The Hall–Kier alpha value is -3.18. The number of nitrogens with zero attached hydrogens (tertiary/aromatic N) is 1. The van der Waals surface area contributed by atoms with E-state index in [9.17, 15) is 22.6 Å². The van der Waals surface area contributed by atoms with Crippen molar-refractivity contribution in [1.29, 1.82) is 0 Å². The number of rotatable bonds is 6. The highest BCUT2D eigenvalue weighted by molar-refractivity contribution is 7.80. The zero-order valence-corrected chi connectivity index (χ0v) is 16.9. The molecule has 2 heterocycles. The zero-order chi connectivity index (χ0) is 22.1. The van der Waals surface area contributed by atoms with Crippen LogP contribution in [0.1, 0.15) is 46.4 Å². The van der Waals surface area contributed by atoms with E-state index in [0.29, 0.717) is 16.6 Å². The number of anilines is 2. The number of halogens is 2. The minimum atomic E-state index is -2.60. The molecule has 11 heteroatoms. The van der Waals surface area contributed by atoms with E-state index < -0.39 is 40.1 Å². The Morgan fingerprint density at radius 2 is 1.97 bits per heavy atom. The molecular weight excluding hydrogens is 430 g/mol. The van der Waals surface area contributed by atoms with Gasteiger partial charge in [-0.1, -0.05) is 12.8 Å². The van der Waals surface area contributed by atoms with Crippen molar-refractivity contribution in [1.82, 2.24) is 9.97 Å². The van der Waals surface area contributed by atoms with Crippen LogP contribution in [0.3, 0.4) is 0 Å². The van der Waals surface area contributed by atoms with Crippen molar-refractivity contribution in [2.75, 3.05) is 10.0 Å². The van der Waals surface area contributed by atoms with Crippen molar-refractivity contribution >= 4 is 45.4 Å². The quantitative estimate of drug-likeness (QED) is 0.335. The number of carbonyl (C=O) groups is 2. The maximum absolute atomic E-state index is 14.5. The molecule has 4 N–H and O–H groups in total. The van der Waals surface area contributed by atoms with E-state index in [1.807, 2.05) is 4.72 Å². The van der Waals surface area contributed by atoms with Gasteiger partial charge in [-0.25, -0.2) is 18.0 Å². The Labute approximate surface area is 177 Å². The summed E-state index contributed by atoms with van der Waals surface area (Å²) in [6, 6.07) is 3.22. The molecule has 8 nitrogen and oxygen atoms in total. The molecule has 1 aliphatic rings. The second kappa shape index (κ2) is 8.52. The number of H-pyrrole nitrogens is 1. The molecule has 1 saturated carbocycles. The Morgan fingerprint density at radius 3 is 2.68 bits per heavy atom. The van der Waals surface area contributed by atoms with Gasteiger partial charge in [-0.05, 0) is 31.0 Å². The normalized spacial score (nSPS) is 15.2. The van der Waals surface area contributed by atoms with E-state index in [0.717, 1.165) is 37.8 Å². The monoisotopic (exact) mass is 448 g/mol. The lowest BCUT2D eigenvalue weighted by molar-refractivity contribution is 0.0924. The van der Waals surface area contributed by atoms with Gasteiger partial charge in [0.25, 0.3) is 17.2 Å². The lowest BCUT2D eigenvalue weighted by Gasteiger charge is -2.11. The number of aromatic nitrogens is 2. The first-order valence-corrected chi connectivity index (χ1v) is 10.6. The van der Waals surface area contributed by atoms with Crippen LogP contribution >= 0.6 is 0 Å². The van der Waals surface area contributed by atoms with Crippen LogP contribution < -0.4 is 10.0 Å². The Morgan fingerprint density at radius 1 is 1.23 bits per heavy atom. The predicted octanol–water partition coefficient (Wildman–Crippen LogP) is 4.01. The highest BCUT2D eigenvalue weighted by atomic mass is 32.2. The van der Waals surface area contributed by atoms with Gasteiger partial charge in [0.2, 0.25) is 0 Å². The summed E-state index contributed by atoms with van der Waals surface area (Å²) >= 11 is -2.60. The lowest BCUT2D eigenvalue weighted by atomic mass is 9.96. The SMILES string of the molecule is O=C(Nc1cnc2[nH]cc(C(=O)C3CCCC3)c2c1)c1c(F)ccc(NS(=O)O)c1F. The summed E-state index contributed by atoms with van der Waals surface area (Å²) in [7, 11) is 0. The van der Waals surface area contributed by atoms with Crippen LogP contribution in [0.5, 0.6) is 0 Å². The highest BCUT2D eigenvalue weighted by Gasteiger charge is 2.26. The molecule has 0 radical (unpaired) electrons. The summed E-state index contributed by atoms with van der Waals surface area (Å²) in [6.07, 6.45) is 6.54. The summed E-state index contributed by atoms with van der Waals surface area (Å²) in [5.74, 6) is -3.61. The third kappa shape index (κ3) is 4.19. The molecule has 2 aromatic heterocycles. The fourth-order valence-electron chi connectivity index (χ4n) is 3.81. The van der Waals surface area contributed by atoms with Crippen molar-refractivity contribution in [3.8, 4) is 0 Å². The first kappa shape index (κ1) is 21.1. The Kier molecular flexibility index (Phi) is 5.79. The fraction of sp³-hybridized carbons (Fsp3) is 0.250. The van der Waals surface area contributed by atoms with Crippen LogP contribution in [-0.2, 0) is 11.3 Å². The molecule has 162 valence electrons. The van der Waals surface area contributed by atoms with Gasteiger partial charge < -0.3 is 10.3 Å². The Balaban J connectivity index is 1.63. The third-order valence-electron chi connectivity index (χ3n) is 5.30. The number of hydrogen-bond acceptors (Lipinski definition) is 4. The molecule has 0 spiro atoms. The summed E-state index contributed by atoms with van der Waals surface area (Å²) in [4.78, 5) is 32.4. The molecule has 3 aromatic rings. The van der Waals surface area contributed by atoms with Crippen LogP contribution in [0.4, 0.5) is 20.2 Å². The summed E-state index contributed by atoms with van der Waals surface area (Å²) < 4.78 is 50.2. The molecule has 1 aliphatic carbocycles. The van der Waals surface area contributed by atoms with Gasteiger partial charge >= 0.3 is 0 Å². The minimum absolute atomic E-state index is 0.00175. The van der Waals surface area contributed by atoms with Crippen molar-refractivity contribution < 1.29 is 27.1 Å². The molecule has 1 aromatic carbocycles. The molecule has 1 amide bonds. The van der Waals surface area contributed by atoms with Crippen LogP contribution in [0.2, 0.25) is 0 Å². The van der Waals surface area contributed by atoms with Crippen molar-refractivity contribution in [3.63, 3.8) is 0 Å². The van der Waals surface area contributed by atoms with Crippen LogP contribution in [0.25, 0.3) is 11.0 Å². The lowest BCUT2D eigenvalue weighted by Crippen LogP contribution is -2.17. The van der Waals surface area contributed by atoms with E-state index in [2.05, 4.69) is 15.3 Å². The first-order valence-electron chi connectivity index (χ1n) is 9.53. The largest absolute Gasteiger partial charge is 0.345 e. The van der Waals surface area contributed by atoms with Gasteiger partial charge in [0.15, 0.2) is 11.6 Å². The number of hydrogen-bond donors (Lipinski definition) is 4. The fourth-order valence-corrected chi connectivity index (χ4v) is 4.16. The van der Waals surface area contributed by atoms with E-state index >= 15 is 0 Å². The molecule has 4 rings (SSSR count). The number of nitrogens with one attached hydrogen (secondary N) is 3.